The van der Waals surface area contributed by atoms with Crippen molar-refractivity contribution in [2.75, 3.05) is 0 Å². The fourth-order valence-corrected chi connectivity index (χ4v) is 2.23. The van der Waals surface area contributed by atoms with Gasteiger partial charge in [-0.05, 0) is 51.0 Å². The largest absolute Gasteiger partial charge is 0.345 e. The van der Waals surface area contributed by atoms with Crippen molar-refractivity contribution in [3.05, 3.63) is 35.8 Å². The zero-order chi connectivity index (χ0) is 12.6. The summed E-state index contributed by atoms with van der Waals surface area (Å²) in [4.78, 5) is 0. The Morgan fingerprint density at radius 2 is 2.00 bits per heavy atom. The van der Waals surface area contributed by atoms with Gasteiger partial charge in [0.15, 0.2) is 0 Å². The van der Waals surface area contributed by atoms with E-state index in [1.54, 1.807) is 6.07 Å². The number of aromatic nitrogens is 1. The average molecular weight is 234 g/mol. The average Bonchev–Trinajstić information content (AvgIpc) is 2.56. The van der Waals surface area contributed by atoms with Gasteiger partial charge < -0.3 is 10.3 Å². The lowest BCUT2D eigenvalue weighted by atomic mass is 10.1. The Kier molecular flexibility index (Phi) is 3.20. The summed E-state index contributed by atoms with van der Waals surface area (Å²) in [6, 6.07) is 5.41. The van der Waals surface area contributed by atoms with Crippen LogP contribution in [0.2, 0.25) is 0 Å². The second kappa shape index (κ2) is 4.49. The molecule has 0 aliphatic rings. The molecule has 0 radical (unpaired) electrons. The van der Waals surface area contributed by atoms with Gasteiger partial charge in [-0.1, -0.05) is 0 Å². The van der Waals surface area contributed by atoms with Crippen LogP contribution in [0.15, 0.2) is 24.4 Å². The van der Waals surface area contributed by atoms with Crippen LogP contribution in [0.1, 0.15) is 32.4 Å². The smallest absolute Gasteiger partial charge is 0.123 e. The van der Waals surface area contributed by atoms with Gasteiger partial charge in [-0.3, -0.25) is 0 Å². The summed E-state index contributed by atoms with van der Waals surface area (Å²) in [5.74, 6) is -0.190. The normalized spacial score (nSPS) is 13.5. The SMILES string of the molecule is CC(N)Cc1cn(C(C)C)c2ccc(F)cc12. The molecule has 0 amide bonds. The highest BCUT2D eigenvalue weighted by Crippen LogP contribution is 2.26. The van der Waals surface area contributed by atoms with Crippen LogP contribution in [0.4, 0.5) is 4.39 Å². The van der Waals surface area contributed by atoms with Gasteiger partial charge in [0.1, 0.15) is 5.82 Å². The zero-order valence-electron chi connectivity index (χ0n) is 10.6. The molecule has 1 heterocycles. The van der Waals surface area contributed by atoms with Crippen molar-refractivity contribution in [1.29, 1.82) is 0 Å². The molecule has 0 aliphatic carbocycles. The molecule has 92 valence electrons. The molecule has 2 rings (SSSR count). The van der Waals surface area contributed by atoms with Crippen molar-refractivity contribution >= 4 is 10.9 Å². The fourth-order valence-electron chi connectivity index (χ4n) is 2.23. The van der Waals surface area contributed by atoms with Crippen LogP contribution in [0.5, 0.6) is 0 Å². The molecule has 1 atom stereocenters. The maximum Gasteiger partial charge on any atom is 0.123 e. The minimum atomic E-state index is -0.190. The molecule has 0 spiro atoms. The van der Waals surface area contributed by atoms with E-state index in [2.05, 4.69) is 24.6 Å². The minimum absolute atomic E-state index is 0.0875. The number of nitrogens with zero attached hydrogens (tertiary/aromatic N) is 1. The van der Waals surface area contributed by atoms with E-state index in [9.17, 15) is 4.39 Å². The summed E-state index contributed by atoms with van der Waals surface area (Å²) in [7, 11) is 0. The second-order valence-corrected chi connectivity index (χ2v) is 5.00. The molecule has 2 aromatic rings. The van der Waals surface area contributed by atoms with Crippen molar-refractivity contribution in [2.45, 2.75) is 39.3 Å². The van der Waals surface area contributed by atoms with E-state index in [-0.39, 0.29) is 11.9 Å². The monoisotopic (exact) mass is 234 g/mol. The van der Waals surface area contributed by atoms with Crippen molar-refractivity contribution in [3.8, 4) is 0 Å². The summed E-state index contributed by atoms with van der Waals surface area (Å²) >= 11 is 0. The highest BCUT2D eigenvalue weighted by molar-refractivity contribution is 5.84. The molecule has 0 bridgehead atoms. The standard InChI is InChI=1S/C14H19FN2/c1-9(2)17-8-11(6-10(3)16)13-7-12(15)4-5-14(13)17/h4-5,7-10H,6,16H2,1-3H3. The lowest BCUT2D eigenvalue weighted by Crippen LogP contribution is -2.17. The van der Waals surface area contributed by atoms with Crippen LogP contribution >= 0.6 is 0 Å². The Labute approximate surface area is 101 Å². The molecule has 1 aromatic heterocycles. The minimum Gasteiger partial charge on any atom is -0.345 e. The van der Waals surface area contributed by atoms with Gasteiger partial charge in [0.25, 0.3) is 0 Å². The third kappa shape index (κ3) is 2.34. The van der Waals surface area contributed by atoms with Gasteiger partial charge in [-0.2, -0.15) is 0 Å². The third-order valence-corrected chi connectivity index (χ3v) is 2.98. The van der Waals surface area contributed by atoms with Crippen LogP contribution in [-0.4, -0.2) is 10.6 Å². The van der Waals surface area contributed by atoms with Gasteiger partial charge in [-0.15, -0.1) is 0 Å². The third-order valence-electron chi connectivity index (χ3n) is 2.98. The van der Waals surface area contributed by atoms with Gasteiger partial charge in [0.05, 0.1) is 0 Å². The fraction of sp³-hybridized carbons (Fsp3) is 0.429. The lowest BCUT2D eigenvalue weighted by molar-refractivity contribution is 0.616. The van der Waals surface area contributed by atoms with Crippen molar-refractivity contribution in [1.82, 2.24) is 4.57 Å². The first-order valence-electron chi connectivity index (χ1n) is 6.03. The number of rotatable bonds is 3. The van der Waals surface area contributed by atoms with Gasteiger partial charge in [0.2, 0.25) is 0 Å². The Bertz CT molecular complexity index is 526. The maximum absolute atomic E-state index is 13.3. The van der Waals surface area contributed by atoms with E-state index < -0.39 is 0 Å². The number of halogens is 1. The molecule has 0 fully saturated rings. The first-order chi connectivity index (χ1) is 7.99. The molecule has 1 aromatic carbocycles. The Balaban J connectivity index is 2.62. The number of hydrogen-bond acceptors (Lipinski definition) is 1. The zero-order valence-corrected chi connectivity index (χ0v) is 10.6. The van der Waals surface area contributed by atoms with Crippen LogP contribution in [0.25, 0.3) is 10.9 Å². The van der Waals surface area contributed by atoms with E-state index in [1.165, 1.54) is 6.07 Å². The summed E-state index contributed by atoms with van der Waals surface area (Å²) in [6.07, 6.45) is 2.87. The Hall–Kier alpha value is -1.35. The van der Waals surface area contributed by atoms with Crippen LogP contribution in [0, 0.1) is 5.82 Å². The number of nitrogens with two attached hydrogens (primary N) is 1. The van der Waals surface area contributed by atoms with Crippen LogP contribution < -0.4 is 5.73 Å². The molecule has 0 saturated carbocycles. The van der Waals surface area contributed by atoms with Crippen molar-refractivity contribution in [2.24, 2.45) is 5.73 Å². The number of benzene rings is 1. The van der Waals surface area contributed by atoms with Gasteiger partial charge >= 0.3 is 0 Å². The second-order valence-electron chi connectivity index (χ2n) is 5.00. The topological polar surface area (TPSA) is 30.9 Å². The summed E-state index contributed by atoms with van der Waals surface area (Å²) in [5.41, 5.74) is 8.04. The number of fused-ring (bicyclic) bond motifs is 1. The molecule has 17 heavy (non-hydrogen) atoms. The van der Waals surface area contributed by atoms with E-state index in [1.807, 2.05) is 13.0 Å². The summed E-state index contributed by atoms with van der Waals surface area (Å²) in [5, 5.41) is 0.982. The Morgan fingerprint density at radius 3 is 2.59 bits per heavy atom. The summed E-state index contributed by atoms with van der Waals surface area (Å²) < 4.78 is 15.5. The maximum atomic E-state index is 13.3. The van der Waals surface area contributed by atoms with E-state index in [0.29, 0.717) is 6.04 Å². The molecular formula is C14H19FN2. The molecule has 2 N–H and O–H groups in total. The first kappa shape index (κ1) is 12.1. The van der Waals surface area contributed by atoms with E-state index >= 15 is 0 Å². The highest BCUT2D eigenvalue weighted by Gasteiger charge is 2.12. The summed E-state index contributed by atoms with van der Waals surface area (Å²) in [6.45, 7) is 6.22. The molecule has 1 unspecified atom stereocenters. The highest BCUT2D eigenvalue weighted by atomic mass is 19.1. The molecular weight excluding hydrogens is 215 g/mol. The van der Waals surface area contributed by atoms with Crippen molar-refractivity contribution in [3.63, 3.8) is 0 Å². The number of hydrogen-bond donors (Lipinski definition) is 1. The van der Waals surface area contributed by atoms with E-state index in [0.717, 1.165) is 22.9 Å². The molecule has 3 heteroatoms. The lowest BCUT2D eigenvalue weighted by Gasteiger charge is -2.08. The predicted octanol–water partition coefficient (Wildman–Crippen LogP) is 3.25. The van der Waals surface area contributed by atoms with Crippen molar-refractivity contribution < 1.29 is 4.39 Å². The van der Waals surface area contributed by atoms with Crippen LogP contribution in [0.3, 0.4) is 0 Å². The quantitative estimate of drug-likeness (QED) is 0.868. The van der Waals surface area contributed by atoms with Crippen LogP contribution in [-0.2, 0) is 6.42 Å². The molecule has 0 aliphatic heterocycles. The van der Waals surface area contributed by atoms with E-state index in [4.69, 9.17) is 5.73 Å². The Morgan fingerprint density at radius 1 is 1.29 bits per heavy atom. The van der Waals surface area contributed by atoms with Gasteiger partial charge in [-0.25, -0.2) is 4.39 Å². The molecule has 0 saturated heterocycles. The predicted molar refractivity (Wildman–Crippen MR) is 69.6 cm³/mol. The van der Waals surface area contributed by atoms with Gasteiger partial charge in [0, 0.05) is 29.2 Å². The molecule has 2 nitrogen and oxygen atoms in total. The first-order valence-corrected chi connectivity index (χ1v) is 6.03.